The molecular formula is C8H11N3O. The summed E-state index contributed by atoms with van der Waals surface area (Å²) in [5.74, 6) is 1.79. The molecule has 0 aliphatic carbocycles. The fourth-order valence-electron chi connectivity index (χ4n) is 1.10. The molecule has 64 valence electrons. The van der Waals surface area contributed by atoms with Gasteiger partial charge < -0.3 is 15.1 Å². The van der Waals surface area contributed by atoms with Crippen LogP contribution in [0.15, 0.2) is 27.8 Å². The van der Waals surface area contributed by atoms with E-state index in [1.165, 1.54) is 0 Å². The number of guanidine groups is 1. The molecule has 0 aromatic carbocycles. The van der Waals surface area contributed by atoms with Gasteiger partial charge in [-0.1, -0.05) is 0 Å². The van der Waals surface area contributed by atoms with Crippen molar-refractivity contribution in [2.24, 2.45) is 4.99 Å². The molecule has 1 aromatic rings. The van der Waals surface area contributed by atoms with Crippen LogP contribution in [-0.2, 0) is 6.54 Å². The van der Waals surface area contributed by atoms with E-state index in [-0.39, 0.29) is 0 Å². The summed E-state index contributed by atoms with van der Waals surface area (Å²) in [4.78, 5) is 4.19. The zero-order chi connectivity index (χ0) is 8.23. The average Bonchev–Trinajstić information content (AvgIpc) is 2.74. The Kier molecular flexibility index (Phi) is 1.98. The van der Waals surface area contributed by atoms with Crippen molar-refractivity contribution >= 4 is 5.96 Å². The molecule has 12 heavy (non-hydrogen) atoms. The molecule has 1 aromatic heterocycles. The lowest BCUT2D eigenvalue weighted by atomic mass is 10.4. The Morgan fingerprint density at radius 2 is 2.67 bits per heavy atom. The molecule has 4 heteroatoms. The van der Waals surface area contributed by atoms with E-state index in [0.29, 0.717) is 6.54 Å². The highest BCUT2D eigenvalue weighted by atomic mass is 16.3. The number of hydrogen-bond donors (Lipinski definition) is 2. The molecule has 0 amide bonds. The third-order valence-corrected chi connectivity index (χ3v) is 1.68. The minimum absolute atomic E-state index is 0.693. The fourth-order valence-corrected chi connectivity index (χ4v) is 1.10. The topological polar surface area (TPSA) is 49.6 Å². The van der Waals surface area contributed by atoms with Crippen LogP contribution in [0.2, 0.25) is 0 Å². The molecule has 0 unspecified atom stereocenters. The van der Waals surface area contributed by atoms with Crippen molar-refractivity contribution < 1.29 is 4.42 Å². The van der Waals surface area contributed by atoms with Gasteiger partial charge in [0.05, 0.1) is 19.4 Å². The van der Waals surface area contributed by atoms with Crippen LogP contribution in [0.5, 0.6) is 0 Å². The molecule has 2 rings (SSSR count). The number of rotatable bonds is 2. The van der Waals surface area contributed by atoms with Crippen molar-refractivity contribution in [2.45, 2.75) is 6.54 Å². The molecule has 4 nitrogen and oxygen atoms in total. The number of aliphatic imine (C=N–C) groups is 1. The molecule has 0 saturated heterocycles. The summed E-state index contributed by atoms with van der Waals surface area (Å²) in [5, 5.41) is 6.25. The quantitative estimate of drug-likeness (QED) is 0.664. The summed E-state index contributed by atoms with van der Waals surface area (Å²) in [6.45, 7) is 2.49. The minimum Gasteiger partial charge on any atom is -0.467 e. The predicted octanol–water partition coefficient (Wildman–Crippen LogP) is 0.328. The van der Waals surface area contributed by atoms with Crippen LogP contribution in [0.4, 0.5) is 0 Å². The summed E-state index contributed by atoms with van der Waals surface area (Å²) < 4.78 is 5.15. The fraction of sp³-hybridized carbons (Fsp3) is 0.375. The summed E-state index contributed by atoms with van der Waals surface area (Å²) in [6.07, 6.45) is 1.67. The van der Waals surface area contributed by atoms with Gasteiger partial charge in [-0.15, -0.1) is 0 Å². The number of nitrogens with one attached hydrogen (secondary N) is 2. The predicted molar refractivity (Wildman–Crippen MR) is 45.9 cm³/mol. The third kappa shape index (κ3) is 1.58. The van der Waals surface area contributed by atoms with E-state index in [9.17, 15) is 0 Å². The first-order valence-corrected chi connectivity index (χ1v) is 4.00. The van der Waals surface area contributed by atoms with Gasteiger partial charge in [0.2, 0.25) is 0 Å². The first kappa shape index (κ1) is 7.21. The Balaban J connectivity index is 1.82. The van der Waals surface area contributed by atoms with Crippen molar-refractivity contribution in [2.75, 3.05) is 13.1 Å². The first-order valence-electron chi connectivity index (χ1n) is 4.00. The van der Waals surface area contributed by atoms with Crippen molar-refractivity contribution in [3.05, 3.63) is 24.2 Å². The van der Waals surface area contributed by atoms with Crippen LogP contribution < -0.4 is 10.6 Å². The number of hydrogen-bond acceptors (Lipinski definition) is 4. The van der Waals surface area contributed by atoms with Gasteiger partial charge in [-0.25, -0.2) is 0 Å². The van der Waals surface area contributed by atoms with Crippen LogP contribution >= 0.6 is 0 Å². The Bertz CT molecular complexity index is 266. The molecule has 0 saturated carbocycles. The van der Waals surface area contributed by atoms with E-state index in [2.05, 4.69) is 15.6 Å². The maximum Gasteiger partial charge on any atom is 0.191 e. The van der Waals surface area contributed by atoms with Gasteiger partial charge in [0.1, 0.15) is 5.76 Å². The van der Waals surface area contributed by atoms with Gasteiger partial charge in [0, 0.05) is 6.54 Å². The standard InChI is InChI=1S/C8H11N3O/c1-2-7(12-5-1)6-11-8-9-3-4-10-8/h1-2,5H,3-4,6H2,(H2,9,10,11). The van der Waals surface area contributed by atoms with Crippen LogP contribution in [-0.4, -0.2) is 19.0 Å². The minimum atomic E-state index is 0.693. The van der Waals surface area contributed by atoms with E-state index < -0.39 is 0 Å². The maximum atomic E-state index is 5.15. The highest BCUT2D eigenvalue weighted by Crippen LogP contribution is 1.98. The van der Waals surface area contributed by atoms with Crippen molar-refractivity contribution in [1.29, 1.82) is 0 Å². The normalized spacial score (nSPS) is 15.5. The summed E-state index contributed by atoms with van der Waals surface area (Å²) in [7, 11) is 0. The Labute approximate surface area is 70.7 Å². The van der Waals surface area contributed by atoms with Crippen LogP contribution in [0, 0.1) is 0 Å². The number of furan rings is 1. The van der Waals surface area contributed by atoms with Gasteiger partial charge in [-0.2, -0.15) is 0 Å². The van der Waals surface area contributed by atoms with E-state index in [4.69, 9.17) is 4.42 Å². The summed E-state index contributed by atoms with van der Waals surface area (Å²) in [5.41, 5.74) is 0. The third-order valence-electron chi connectivity index (χ3n) is 1.68. The summed E-state index contributed by atoms with van der Waals surface area (Å²) >= 11 is 0. The van der Waals surface area contributed by atoms with Gasteiger partial charge in [0.15, 0.2) is 5.96 Å². The van der Waals surface area contributed by atoms with Gasteiger partial charge in [0.25, 0.3) is 0 Å². The molecule has 1 aliphatic rings. The smallest absolute Gasteiger partial charge is 0.191 e. The SMILES string of the molecule is c1coc(CNC2=NCCN2)c1. The van der Waals surface area contributed by atoms with Crippen LogP contribution in [0.25, 0.3) is 0 Å². The molecule has 2 heterocycles. The van der Waals surface area contributed by atoms with Gasteiger partial charge >= 0.3 is 0 Å². The zero-order valence-corrected chi connectivity index (χ0v) is 6.71. The van der Waals surface area contributed by atoms with E-state index in [0.717, 1.165) is 24.8 Å². The molecular weight excluding hydrogens is 154 g/mol. The molecule has 1 aliphatic heterocycles. The Morgan fingerprint density at radius 1 is 1.67 bits per heavy atom. The average molecular weight is 165 g/mol. The lowest BCUT2D eigenvalue weighted by Crippen LogP contribution is -2.33. The molecule has 2 N–H and O–H groups in total. The molecule has 0 fully saturated rings. The first-order chi connectivity index (χ1) is 5.95. The lowest BCUT2D eigenvalue weighted by molar-refractivity contribution is 0.502. The van der Waals surface area contributed by atoms with Crippen molar-refractivity contribution in [1.82, 2.24) is 10.6 Å². The molecule has 0 atom stereocenters. The molecule has 0 bridgehead atoms. The van der Waals surface area contributed by atoms with Crippen LogP contribution in [0.1, 0.15) is 5.76 Å². The molecule has 0 spiro atoms. The highest BCUT2D eigenvalue weighted by Gasteiger charge is 2.03. The van der Waals surface area contributed by atoms with Crippen molar-refractivity contribution in [3.8, 4) is 0 Å². The van der Waals surface area contributed by atoms with E-state index in [1.54, 1.807) is 6.26 Å². The number of nitrogens with zero attached hydrogens (tertiary/aromatic N) is 1. The van der Waals surface area contributed by atoms with Gasteiger partial charge in [-0.05, 0) is 12.1 Å². The van der Waals surface area contributed by atoms with Crippen LogP contribution in [0.3, 0.4) is 0 Å². The Morgan fingerprint density at radius 3 is 3.33 bits per heavy atom. The van der Waals surface area contributed by atoms with Crippen molar-refractivity contribution in [3.63, 3.8) is 0 Å². The van der Waals surface area contributed by atoms with E-state index in [1.807, 2.05) is 12.1 Å². The maximum absolute atomic E-state index is 5.15. The monoisotopic (exact) mass is 165 g/mol. The largest absolute Gasteiger partial charge is 0.467 e. The molecule has 0 radical (unpaired) electrons. The van der Waals surface area contributed by atoms with Gasteiger partial charge in [-0.3, -0.25) is 4.99 Å². The zero-order valence-electron chi connectivity index (χ0n) is 6.71. The Hall–Kier alpha value is -1.45. The second-order valence-electron chi connectivity index (χ2n) is 2.59. The highest BCUT2D eigenvalue weighted by molar-refractivity contribution is 5.81. The lowest BCUT2D eigenvalue weighted by Gasteiger charge is -2.02. The second kappa shape index (κ2) is 3.30. The van der Waals surface area contributed by atoms with E-state index >= 15 is 0 Å². The summed E-state index contributed by atoms with van der Waals surface area (Å²) in [6, 6.07) is 3.81. The second-order valence-corrected chi connectivity index (χ2v) is 2.59.